The lowest BCUT2D eigenvalue weighted by molar-refractivity contribution is -0.133. The van der Waals surface area contributed by atoms with Crippen LogP contribution in [-0.2, 0) is 9.59 Å². The van der Waals surface area contributed by atoms with Crippen LogP contribution in [0.1, 0.15) is 49.3 Å². The lowest BCUT2D eigenvalue weighted by Gasteiger charge is -2.36. The van der Waals surface area contributed by atoms with Crippen LogP contribution in [0.25, 0.3) is 6.08 Å². The first kappa shape index (κ1) is 29.5. The van der Waals surface area contributed by atoms with Gasteiger partial charge in [-0.3, -0.25) is 9.59 Å². The third kappa shape index (κ3) is 7.81. The highest BCUT2D eigenvalue weighted by atomic mass is 35.5. The number of hydrogen-bond donors (Lipinski definition) is 3. The molecule has 4 rings (SSSR count). The van der Waals surface area contributed by atoms with Crippen molar-refractivity contribution in [3.05, 3.63) is 113 Å². The minimum Gasteiger partial charge on any atom is -0.346 e. The number of rotatable bonds is 10. The number of nitrogens with zero attached hydrogens (tertiary/aromatic N) is 1. The lowest BCUT2D eigenvalue weighted by Crippen LogP contribution is -2.60. The van der Waals surface area contributed by atoms with Crippen LogP contribution in [0.2, 0.25) is 5.02 Å². The Labute approximate surface area is 242 Å². The van der Waals surface area contributed by atoms with Gasteiger partial charge in [0.05, 0.1) is 11.6 Å². The van der Waals surface area contributed by atoms with Gasteiger partial charge < -0.3 is 21.3 Å². The molecule has 3 aromatic rings. The minimum absolute atomic E-state index is 0.0483. The molecule has 1 saturated heterocycles. The van der Waals surface area contributed by atoms with Gasteiger partial charge in [-0.05, 0) is 68.1 Å². The van der Waals surface area contributed by atoms with Crippen molar-refractivity contribution in [2.24, 2.45) is 5.73 Å². The molecule has 2 atom stereocenters. The maximum absolute atomic E-state index is 13.8. The Morgan fingerprint density at radius 3 is 2.23 bits per heavy atom. The van der Waals surface area contributed by atoms with Gasteiger partial charge in [-0.2, -0.15) is 0 Å². The number of amides is 2. The molecule has 2 unspecified atom stereocenters. The molecule has 0 spiro atoms. The molecule has 1 fully saturated rings. The molecule has 210 valence electrons. The zero-order chi connectivity index (χ0) is 28.5. The van der Waals surface area contributed by atoms with Gasteiger partial charge in [-0.1, -0.05) is 84.4 Å². The number of halogens is 1. The molecule has 6 nitrogen and oxygen atoms in total. The Morgan fingerprint density at radius 2 is 1.65 bits per heavy atom. The van der Waals surface area contributed by atoms with Gasteiger partial charge in [0.25, 0.3) is 0 Å². The number of nitrogens with one attached hydrogen (secondary N) is 2. The number of carbonyl (C=O) groups is 2. The number of carbonyl (C=O) groups excluding carboxylic acids is 2. The van der Waals surface area contributed by atoms with Crippen molar-refractivity contribution in [1.82, 2.24) is 15.5 Å². The summed E-state index contributed by atoms with van der Waals surface area (Å²) in [7, 11) is 0. The van der Waals surface area contributed by atoms with E-state index in [2.05, 4.69) is 34.9 Å². The second kappa shape index (κ2) is 13.8. The maximum atomic E-state index is 13.8. The van der Waals surface area contributed by atoms with Crippen LogP contribution in [0.15, 0.2) is 91.0 Å². The van der Waals surface area contributed by atoms with Crippen LogP contribution in [-0.4, -0.2) is 54.0 Å². The third-order valence-electron chi connectivity index (χ3n) is 7.58. The molecule has 40 heavy (non-hydrogen) atoms. The van der Waals surface area contributed by atoms with Crippen molar-refractivity contribution in [3.8, 4) is 0 Å². The molecule has 0 aliphatic carbocycles. The van der Waals surface area contributed by atoms with Gasteiger partial charge in [-0.15, -0.1) is 0 Å². The summed E-state index contributed by atoms with van der Waals surface area (Å²) < 4.78 is 0. The van der Waals surface area contributed by atoms with E-state index in [0.29, 0.717) is 37.5 Å². The van der Waals surface area contributed by atoms with E-state index in [1.54, 1.807) is 18.2 Å². The van der Waals surface area contributed by atoms with Gasteiger partial charge in [-0.25, -0.2) is 0 Å². The van der Waals surface area contributed by atoms with Crippen LogP contribution in [0, 0.1) is 0 Å². The number of hydrogen-bond acceptors (Lipinski definition) is 4. The fraction of sp³-hybridized carbons (Fsp3) is 0.333. The van der Waals surface area contributed by atoms with E-state index in [9.17, 15) is 9.59 Å². The van der Waals surface area contributed by atoms with Crippen LogP contribution in [0.3, 0.4) is 0 Å². The highest BCUT2D eigenvalue weighted by Gasteiger charge is 2.38. The Bertz CT molecular complexity index is 1240. The first-order valence-corrected chi connectivity index (χ1v) is 14.2. The second-order valence-electron chi connectivity index (χ2n) is 10.9. The van der Waals surface area contributed by atoms with Crippen molar-refractivity contribution in [2.45, 2.75) is 50.2 Å². The molecule has 1 aliphatic rings. The predicted molar refractivity (Wildman–Crippen MR) is 163 cm³/mol. The summed E-state index contributed by atoms with van der Waals surface area (Å²) in [6.07, 6.45) is 4.50. The standard InChI is InChI=1S/C33H39ClN4O2/c1-33(2,37-31(39)18-15-24-13-16-27(34)17-14-24)30-20-22-38(32(40)29(36-30)19-21-35)23-28(25-9-5-3-6-10-25)26-11-7-4-8-12-26/h3-18,28-30,36H,19-23,35H2,1-2H3,(H,37,39). The molecule has 1 aliphatic heterocycles. The van der Waals surface area contributed by atoms with Gasteiger partial charge in [0.1, 0.15) is 0 Å². The summed E-state index contributed by atoms with van der Waals surface area (Å²) in [5.74, 6) is -0.0977. The molecule has 3 aromatic carbocycles. The second-order valence-corrected chi connectivity index (χ2v) is 11.3. The quantitative estimate of drug-likeness (QED) is 0.306. The molecule has 2 amide bonds. The summed E-state index contributed by atoms with van der Waals surface area (Å²) in [5.41, 5.74) is 8.57. The summed E-state index contributed by atoms with van der Waals surface area (Å²) in [4.78, 5) is 28.7. The molecular weight excluding hydrogens is 520 g/mol. The van der Waals surface area contributed by atoms with Gasteiger partial charge in [0.15, 0.2) is 0 Å². The fourth-order valence-electron chi connectivity index (χ4n) is 5.32. The predicted octanol–water partition coefficient (Wildman–Crippen LogP) is 4.99. The molecule has 4 N–H and O–H groups in total. The monoisotopic (exact) mass is 558 g/mol. The Balaban J connectivity index is 1.50. The van der Waals surface area contributed by atoms with Crippen molar-refractivity contribution in [3.63, 3.8) is 0 Å². The highest BCUT2D eigenvalue weighted by Crippen LogP contribution is 2.28. The van der Waals surface area contributed by atoms with Crippen molar-refractivity contribution in [2.75, 3.05) is 19.6 Å². The smallest absolute Gasteiger partial charge is 0.244 e. The first-order chi connectivity index (χ1) is 19.3. The number of nitrogens with two attached hydrogens (primary N) is 1. The van der Waals surface area contributed by atoms with Gasteiger partial charge in [0.2, 0.25) is 11.8 Å². The summed E-state index contributed by atoms with van der Waals surface area (Å²) in [6.45, 7) is 5.53. The number of benzene rings is 3. The average Bonchev–Trinajstić information content (AvgIpc) is 3.11. The van der Waals surface area contributed by atoms with Crippen molar-refractivity contribution in [1.29, 1.82) is 0 Å². The summed E-state index contributed by atoms with van der Waals surface area (Å²) >= 11 is 5.96. The Morgan fingerprint density at radius 1 is 1.05 bits per heavy atom. The highest BCUT2D eigenvalue weighted by molar-refractivity contribution is 6.30. The molecular formula is C33H39ClN4O2. The van der Waals surface area contributed by atoms with Gasteiger partial charge in [0, 0.05) is 36.1 Å². The SMILES string of the molecule is CC(C)(NC(=O)C=Cc1ccc(Cl)cc1)C1CCN(CC(c2ccccc2)c2ccccc2)C(=O)C(CCN)N1. The Hall–Kier alpha value is -3.45. The van der Waals surface area contributed by atoms with Crippen LogP contribution >= 0.6 is 11.6 Å². The first-order valence-electron chi connectivity index (χ1n) is 13.9. The van der Waals surface area contributed by atoms with E-state index < -0.39 is 11.6 Å². The van der Waals surface area contributed by atoms with Crippen molar-refractivity contribution >= 4 is 29.5 Å². The van der Waals surface area contributed by atoms with E-state index in [4.69, 9.17) is 17.3 Å². The zero-order valence-electron chi connectivity index (χ0n) is 23.2. The van der Waals surface area contributed by atoms with E-state index in [1.165, 1.54) is 17.2 Å². The minimum atomic E-state index is -0.608. The summed E-state index contributed by atoms with van der Waals surface area (Å²) in [6, 6.07) is 27.4. The molecule has 0 aromatic heterocycles. The van der Waals surface area contributed by atoms with E-state index in [1.807, 2.05) is 67.3 Å². The van der Waals surface area contributed by atoms with Crippen LogP contribution < -0.4 is 16.4 Å². The molecule has 0 saturated carbocycles. The molecule has 7 heteroatoms. The summed E-state index contributed by atoms with van der Waals surface area (Å²) in [5, 5.41) is 7.34. The van der Waals surface area contributed by atoms with Crippen LogP contribution in [0.5, 0.6) is 0 Å². The molecule has 0 bridgehead atoms. The topological polar surface area (TPSA) is 87.5 Å². The lowest BCUT2D eigenvalue weighted by atomic mass is 9.90. The average molecular weight is 559 g/mol. The third-order valence-corrected chi connectivity index (χ3v) is 7.83. The van der Waals surface area contributed by atoms with Gasteiger partial charge >= 0.3 is 0 Å². The molecule has 0 radical (unpaired) electrons. The normalized spacial score (nSPS) is 18.2. The molecule has 1 heterocycles. The zero-order valence-corrected chi connectivity index (χ0v) is 24.0. The van der Waals surface area contributed by atoms with E-state index >= 15 is 0 Å². The largest absolute Gasteiger partial charge is 0.346 e. The van der Waals surface area contributed by atoms with E-state index in [0.717, 1.165) is 5.56 Å². The maximum Gasteiger partial charge on any atom is 0.244 e. The fourth-order valence-corrected chi connectivity index (χ4v) is 5.45. The van der Waals surface area contributed by atoms with Crippen LogP contribution in [0.4, 0.5) is 0 Å². The Kier molecular flexibility index (Phi) is 10.2. The van der Waals surface area contributed by atoms with Crippen molar-refractivity contribution < 1.29 is 9.59 Å². The van der Waals surface area contributed by atoms with E-state index in [-0.39, 0.29) is 23.8 Å².